The first-order chi connectivity index (χ1) is 12.0. The van der Waals surface area contributed by atoms with Crippen molar-refractivity contribution in [3.63, 3.8) is 0 Å². The predicted octanol–water partition coefficient (Wildman–Crippen LogP) is 3.80. The molecule has 0 saturated heterocycles. The highest BCUT2D eigenvalue weighted by molar-refractivity contribution is 5.81. The molecule has 2 aromatic rings. The summed E-state index contributed by atoms with van der Waals surface area (Å²) in [7, 11) is 0. The van der Waals surface area contributed by atoms with Gasteiger partial charge in [0.2, 0.25) is 0 Å². The standard InChI is InChI=1S/C20H24FNO3/c1-4-19(25-17-7-5-16(21)6-8-17)20(23)22-9-10-24-18-12-14(2)11-15(3)13-18/h5-8,11-13,19H,4,9-10H2,1-3H3,(H,22,23)/t19-/m0/s1. The summed E-state index contributed by atoms with van der Waals surface area (Å²) in [6.45, 7) is 6.65. The van der Waals surface area contributed by atoms with Gasteiger partial charge in [-0.05, 0) is 67.8 Å². The lowest BCUT2D eigenvalue weighted by atomic mass is 10.1. The van der Waals surface area contributed by atoms with Crippen molar-refractivity contribution in [2.45, 2.75) is 33.3 Å². The zero-order chi connectivity index (χ0) is 18.2. The number of nitrogens with one attached hydrogen (secondary N) is 1. The SMILES string of the molecule is CC[C@H](Oc1ccc(F)cc1)C(=O)NCCOc1cc(C)cc(C)c1. The van der Waals surface area contributed by atoms with E-state index in [-0.39, 0.29) is 11.7 Å². The van der Waals surface area contributed by atoms with E-state index in [2.05, 4.69) is 11.4 Å². The van der Waals surface area contributed by atoms with Gasteiger partial charge in [-0.3, -0.25) is 4.79 Å². The lowest BCUT2D eigenvalue weighted by Gasteiger charge is -2.17. The molecule has 0 radical (unpaired) electrons. The molecule has 1 atom stereocenters. The van der Waals surface area contributed by atoms with Gasteiger partial charge in [-0.25, -0.2) is 4.39 Å². The number of carbonyl (C=O) groups is 1. The monoisotopic (exact) mass is 345 g/mol. The minimum absolute atomic E-state index is 0.212. The molecule has 1 N–H and O–H groups in total. The van der Waals surface area contributed by atoms with Gasteiger partial charge in [0, 0.05) is 0 Å². The maximum absolute atomic E-state index is 12.9. The molecule has 0 aliphatic carbocycles. The maximum Gasteiger partial charge on any atom is 0.261 e. The van der Waals surface area contributed by atoms with Crippen molar-refractivity contribution >= 4 is 5.91 Å². The van der Waals surface area contributed by atoms with Crippen LogP contribution in [0.5, 0.6) is 11.5 Å². The predicted molar refractivity (Wildman–Crippen MR) is 95.5 cm³/mol. The quantitative estimate of drug-likeness (QED) is 0.741. The number of rotatable bonds is 8. The van der Waals surface area contributed by atoms with Gasteiger partial charge in [0.15, 0.2) is 6.10 Å². The largest absolute Gasteiger partial charge is 0.492 e. The molecule has 0 aliphatic heterocycles. The van der Waals surface area contributed by atoms with Gasteiger partial charge in [-0.15, -0.1) is 0 Å². The first-order valence-electron chi connectivity index (χ1n) is 8.39. The normalized spacial score (nSPS) is 11.7. The van der Waals surface area contributed by atoms with Crippen LogP contribution in [-0.2, 0) is 4.79 Å². The van der Waals surface area contributed by atoms with Crippen molar-refractivity contribution in [1.29, 1.82) is 0 Å². The minimum Gasteiger partial charge on any atom is -0.492 e. The highest BCUT2D eigenvalue weighted by atomic mass is 19.1. The number of carbonyl (C=O) groups excluding carboxylic acids is 1. The molecule has 25 heavy (non-hydrogen) atoms. The molecule has 2 aromatic carbocycles. The Morgan fingerprint density at radius 1 is 1.08 bits per heavy atom. The fourth-order valence-corrected chi connectivity index (χ4v) is 2.47. The highest BCUT2D eigenvalue weighted by Gasteiger charge is 2.17. The number of ether oxygens (including phenoxy) is 2. The van der Waals surface area contributed by atoms with E-state index in [9.17, 15) is 9.18 Å². The van der Waals surface area contributed by atoms with Crippen LogP contribution >= 0.6 is 0 Å². The molecule has 0 unspecified atom stereocenters. The van der Waals surface area contributed by atoms with Crippen LogP contribution in [0, 0.1) is 19.7 Å². The smallest absolute Gasteiger partial charge is 0.261 e. The van der Waals surface area contributed by atoms with E-state index < -0.39 is 6.10 Å². The van der Waals surface area contributed by atoms with Crippen molar-refractivity contribution in [2.24, 2.45) is 0 Å². The van der Waals surface area contributed by atoms with E-state index in [0.29, 0.717) is 25.3 Å². The molecular formula is C20H24FNO3. The van der Waals surface area contributed by atoms with Crippen molar-refractivity contribution in [1.82, 2.24) is 5.32 Å². The Morgan fingerprint density at radius 3 is 2.32 bits per heavy atom. The minimum atomic E-state index is -0.619. The number of amides is 1. The molecular weight excluding hydrogens is 321 g/mol. The van der Waals surface area contributed by atoms with Gasteiger partial charge >= 0.3 is 0 Å². The van der Waals surface area contributed by atoms with Gasteiger partial charge in [0.25, 0.3) is 5.91 Å². The van der Waals surface area contributed by atoms with Crippen molar-refractivity contribution < 1.29 is 18.7 Å². The Bertz CT molecular complexity index is 680. The molecule has 0 spiro atoms. The van der Waals surface area contributed by atoms with Crippen LogP contribution < -0.4 is 14.8 Å². The summed E-state index contributed by atoms with van der Waals surface area (Å²) in [6, 6.07) is 11.6. The molecule has 134 valence electrons. The average molecular weight is 345 g/mol. The lowest BCUT2D eigenvalue weighted by Crippen LogP contribution is -2.39. The summed E-state index contributed by atoms with van der Waals surface area (Å²) >= 11 is 0. The molecule has 0 heterocycles. The third-order valence-corrected chi connectivity index (χ3v) is 3.62. The summed E-state index contributed by atoms with van der Waals surface area (Å²) in [5, 5.41) is 2.80. The molecule has 4 nitrogen and oxygen atoms in total. The van der Waals surface area contributed by atoms with E-state index in [1.165, 1.54) is 24.3 Å². The molecule has 1 amide bonds. The molecule has 0 aliphatic rings. The summed E-state index contributed by atoms with van der Waals surface area (Å²) in [5.74, 6) is 0.709. The number of hydrogen-bond acceptors (Lipinski definition) is 3. The first kappa shape index (κ1) is 18.8. The summed E-state index contributed by atoms with van der Waals surface area (Å²) in [6.07, 6.45) is -0.104. The Hall–Kier alpha value is -2.56. The second-order valence-electron chi connectivity index (χ2n) is 5.93. The zero-order valence-electron chi connectivity index (χ0n) is 14.8. The van der Waals surface area contributed by atoms with Gasteiger partial charge in [-0.2, -0.15) is 0 Å². The number of hydrogen-bond donors (Lipinski definition) is 1. The van der Waals surface area contributed by atoms with Crippen LogP contribution in [0.1, 0.15) is 24.5 Å². The van der Waals surface area contributed by atoms with E-state index in [1.54, 1.807) is 0 Å². The highest BCUT2D eigenvalue weighted by Crippen LogP contribution is 2.16. The van der Waals surface area contributed by atoms with Crippen LogP contribution in [0.25, 0.3) is 0 Å². The summed E-state index contributed by atoms with van der Waals surface area (Å²) < 4.78 is 24.2. The Kier molecular flexibility index (Phi) is 6.81. The fourth-order valence-electron chi connectivity index (χ4n) is 2.47. The molecule has 0 bridgehead atoms. The molecule has 0 saturated carbocycles. The number of benzene rings is 2. The van der Waals surface area contributed by atoms with Crippen LogP contribution in [0.2, 0.25) is 0 Å². The van der Waals surface area contributed by atoms with Crippen LogP contribution in [-0.4, -0.2) is 25.2 Å². The van der Waals surface area contributed by atoms with E-state index in [0.717, 1.165) is 16.9 Å². The molecule has 0 fully saturated rings. The van der Waals surface area contributed by atoms with Gasteiger partial charge in [0.1, 0.15) is 23.9 Å². The Morgan fingerprint density at radius 2 is 1.72 bits per heavy atom. The van der Waals surface area contributed by atoms with Crippen molar-refractivity contribution in [2.75, 3.05) is 13.2 Å². The van der Waals surface area contributed by atoms with Crippen LogP contribution in [0.15, 0.2) is 42.5 Å². The van der Waals surface area contributed by atoms with Crippen LogP contribution in [0.3, 0.4) is 0 Å². The van der Waals surface area contributed by atoms with Crippen LogP contribution in [0.4, 0.5) is 4.39 Å². The third-order valence-electron chi connectivity index (χ3n) is 3.62. The van der Waals surface area contributed by atoms with Gasteiger partial charge in [-0.1, -0.05) is 13.0 Å². The van der Waals surface area contributed by atoms with E-state index >= 15 is 0 Å². The van der Waals surface area contributed by atoms with Crippen molar-refractivity contribution in [3.8, 4) is 11.5 Å². The second-order valence-corrected chi connectivity index (χ2v) is 5.93. The first-order valence-corrected chi connectivity index (χ1v) is 8.39. The molecule has 2 rings (SSSR count). The van der Waals surface area contributed by atoms with Gasteiger partial charge in [0.05, 0.1) is 6.54 Å². The lowest BCUT2D eigenvalue weighted by molar-refractivity contribution is -0.128. The average Bonchev–Trinajstić information content (AvgIpc) is 2.57. The maximum atomic E-state index is 12.9. The summed E-state index contributed by atoms with van der Waals surface area (Å²) in [4.78, 5) is 12.2. The van der Waals surface area contributed by atoms with E-state index in [4.69, 9.17) is 9.47 Å². The Labute approximate surface area is 148 Å². The fraction of sp³-hybridized carbons (Fsp3) is 0.350. The van der Waals surface area contributed by atoms with Crippen molar-refractivity contribution in [3.05, 3.63) is 59.4 Å². The van der Waals surface area contributed by atoms with E-state index in [1.807, 2.05) is 32.9 Å². The topological polar surface area (TPSA) is 47.6 Å². The Balaban J connectivity index is 1.78. The molecule has 0 aromatic heterocycles. The second kappa shape index (κ2) is 9.06. The third kappa shape index (κ3) is 6.10. The van der Waals surface area contributed by atoms with Gasteiger partial charge < -0.3 is 14.8 Å². The zero-order valence-corrected chi connectivity index (χ0v) is 14.8. The number of aryl methyl sites for hydroxylation is 2. The number of halogens is 1. The molecule has 5 heteroatoms. The summed E-state index contributed by atoms with van der Waals surface area (Å²) in [5.41, 5.74) is 2.27.